The summed E-state index contributed by atoms with van der Waals surface area (Å²) in [6.45, 7) is 0. The monoisotopic (exact) mass is 153 g/mol. The van der Waals surface area contributed by atoms with Crippen LogP contribution in [0.1, 0.15) is 5.69 Å². The van der Waals surface area contributed by atoms with Crippen LogP contribution in [-0.4, -0.2) is 4.98 Å². The van der Waals surface area contributed by atoms with Crippen LogP contribution in [0.25, 0.3) is 0 Å². The van der Waals surface area contributed by atoms with Gasteiger partial charge in [0.25, 0.3) is 0 Å². The number of hydrogen-bond donors (Lipinski definition) is 0. The van der Waals surface area contributed by atoms with Crippen molar-refractivity contribution in [3.05, 3.63) is 30.1 Å². The molecule has 1 aromatic heterocycles. The molecule has 1 rings (SSSR count). The van der Waals surface area contributed by atoms with E-state index in [-0.39, 0.29) is 18.9 Å². The minimum atomic E-state index is -4.34. The van der Waals surface area contributed by atoms with Crippen LogP contribution in [0.3, 0.4) is 0 Å². The fraction of sp³-hybridized carbons (Fsp3) is 0.167. The molecule has 0 spiro atoms. The van der Waals surface area contributed by atoms with Crippen molar-refractivity contribution in [1.82, 2.24) is 4.98 Å². The molecular formula is C6H3F3LiN. The van der Waals surface area contributed by atoms with Crippen molar-refractivity contribution in [3.8, 4) is 0 Å². The molecule has 0 bridgehead atoms. The Kier molecular flexibility index (Phi) is 3.63. The van der Waals surface area contributed by atoms with Crippen LogP contribution >= 0.6 is 0 Å². The van der Waals surface area contributed by atoms with Gasteiger partial charge in [-0.3, -0.25) is 4.98 Å². The zero-order valence-corrected chi connectivity index (χ0v) is 5.81. The molecule has 0 aliphatic carbocycles. The smallest absolute Gasteiger partial charge is 0.291 e. The Morgan fingerprint density at radius 2 is 2.00 bits per heavy atom. The summed E-state index contributed by atoms with van der Waals surface area (Å²) in [4.78, 5) is 3.07. The Labute approximate surface area is 73.8 Å². The van der Waals surface area contributed by atoms with Crippen LogP contribution in [-0.2, 0) is 6.18 Å². The maximum atomic E-state index is 11.7. The summed E-state index contributed by atoms with van der Waals surface area (Å²) in [7, 11) is 0. The predicted octanol–water partition coefficient (Wildman–Crippen LogP) is -1.10. The van der Waals surface area contributed by atoms with E-state index in [1.807, 2.05) is 0 Å². The van der Waals surface area contributed by atoms with Gasteiger partial charge in [0.05, 0.1) is 5.69 Å². The fourth-order valence-corrected chi connectivity index (χ4v) is 0.488. The first-order valence-electron chi connectivity index (χ1n) is 2.50. The van der Waals surface area contributed by atoms with Crippen molar-refractivity contribution in [1.29, 1.82) is 0 Å². The molecule has 0 aliphatic rings. The minimum Gasteiger partial charge on any atom is -0.291 e. The molecule has 1 aromatic rings. The van der Waals surface area contributed by atoms with Crippen molar-refractivity contribution >= 4 is 0 Å². The van der Waals surface area contributed by atoms with E-state index in [2.05, 4.69) is 11.1 Å². The molecule has 1 nitrogen and oxygen atoms in total. The molecule has 0 fully saturated rings. The second-order valence-electron chi connectivity index (χ2n) is 1.64. The molecule has 0 N–H and O–H groups in total. The fourth-order valence-electron chi connectivity index (χ4n) is 0.488. The van der Waals surface area contributed by atoms with Gasteiger partial charge in [-0.2, -0.15) is 19.2 Å². The van der Waals surface area contributed by atoms with E-state index in [9.17, 15) is 13.2 Å². The van der Waals surface area contributed by atoms with E-state index >= 15 is 0 Å². The van der Waals surface area contributed by atoms with Crippen molar-refractivity contribution in [2.45, 2.75) is 6.18 Å². The molecule has 1 heterocycles. The first-order valence-corrected chi connectivity index (χ1v) is 2.50. The molecule has 0 aromatic carbocycles. The Hall–Kier alpha value is -0.463. The second kappa shape index (κ2) is 3.79. The predicted molar refractivity (Wildman–Crippen MR) is 28.1 cm³/mol. The third-order valence-electron chi connectivity index (χ3n) is 0.906. The van der Waals surface area contributed by atoms with E-state index in [0.717, 1.165) is 12.3 Å². The summed E-state index contributed by atoms with van der Waals surface area (Å²) in [5, 5.41) is 0. The van der Waals surface area contributed by atoms with Crippen LogP contribution < -0.4 is 18.9 Å². The number of alkyl halides is 3. The number of aromatic nitrogens is 1. The van der Waals surface area contributed by atoms with Gasteiger partial charge in [0.2, 0.25) is 0 Å². The zero-order valence-electron chi connectivity index (χ0n) is 5.81. The Morgan fingerprint density at radius 1 is 1.36 bits per heavy atom. The van der Waals surface area contributed by atoms with Gasteiger partial charge in [-0.15, -0.1) is 0 Å². The van der Waals surface area contributed by atoms with Crippen LogP contribution in [0.5, 0.6) is 0 Å². The number of hydrogen-bond acceptors (Lipinski definition) is 1. The molecule has 0 amide bonds. The summed E-state index contributed by atoms with van der Waals surface area (Å²) < 4.78 is 35.1. The van der Waals surface area contributed by atoms with E-state index in [4.69, 9.17) is 0 Å². The Balaban J connectivity index is 0.000001000. The summed E-state index contributed by atoms with van der Waals surface area (Å²) in [5.74, 6) is 0. The van der Waals surface area contributed by atoms with Gasteiger partial charge in [0.1, 0.15) is 0 Å². The molecule has 0 aliphatic heterocycles. The quantitative estimate of drug-likeness (QED) is 0.340. The average molecular weight is 153 g/mol. The third kappa shape index (κ3) is 2.96. The van der Waals surface area contributed by atoms with Gasteiger partial charge in [-0.05, 0) is 0 Å². The third-order valence-corrected chi connectivity index (χ3v) is 0.906. The minimum absolute atomic E-state index is 0. The standard InChI is InChI=1S/C6H3F3N.Li/c7-6(8,9)5-3-1-2-4-10-5;/h1,3-4H;/q-1;+1. The van der Waals surface area contributed by atoms with E-state index < -0.39 is 11.9 Å². The molecule has 0 unspecified atom stereocenters. The van der Waals surface area contributed by atoms with Gasteiger partial charge in [-0.1, -0.05) is 6.20 Å². The number of halogens is 3. The van der Waals surface area contributed by atoms with Crippen LogP contribution in [0.4, 0.5) is 13.2 Å². The molecule has 11 heavy (non-hydrogen) atoms. The van der Waals surface area contributed by atoms with Crippen molar-refractivity contribution in [2.24, 2.45) is 0 Å². The summed E-state index contributed by atoms with van der Waals surface area (Å²) in [5.41, 5.74) is -0.883. The zero-order chi connectivity index (χ0) is 7.61. The maximum Gasteiger partial charge on any atom is 1.00 e. The normalized spacial score (nSPS) is 10.5. The largest absolute Gasteiger partial charge is 1.00 e. The van der Waals surface area contributed by atoms with E-state index in [1.165, 1.54) is 6.07 Å². The van der Waals surface area contributed by atoms with E-state index in [1.54, 1.807) is 0 Å². The first-order chi connectivity index (χ1) is 4.61. The molecule has 5 heteroatoms. The van der Waals surface area contributed by atoms with Crippen molar-refractivity contribution in [2.75, 3.05) is 0 Å². The van der Waals surface area contributed by atoms with Gasteiger partial charge in [-0.25, -0.2) is 12.1 Å². The summed E-state index contributed by atoms with van der Waals surface area (Å²) >= 11 is 0. The molecule has 0 atom stereocenters. The van der Waals surface area contributed by atoms with Crippen molar-refractivity contribution in [3.63, 3.8) is 0 Å². The van der Waals surface area contributed by atoms with Crippen LogP contribution in [0, 0.1) is 6.07 Å². The molecule has 0 saturated heterocycles. The van der Waals surface area contributed by atoms with Crippen molar-refractivity contribution < 1.29 is 32.0 Å². The summed E-state index contributed by atoms with van der Waals surface area (Å²) in [6, 6.07) is 4.45. The average Bonchev–Trinajstić information content (AvgIpc) is 1.88. The Morgan fingerprint density at radius 3 is 2.27 bits per heavy atom. The molecule has 0 radical (unpaired) electrons. The SMILES string of the molecule is FC(F)(F)c1cc[c-]cn1.[Li+]. The first kappa shape index (κ1) is 10.5. The van der Waals surface area contributed by atoms with E-state index in [0.29, 0.717) is 0 Å². The van der Waals surface area contributed by atoms with Crippen LogP contribution in [0.15, 0.2) is 18.3 Å². The molecule has 54 valence electrons. The molecular weight excluding hydrogens is 150 g/mol. The van der Waals surface area contributed by atoms with Gasteiger partial charge >= 0.3 is 25.0 Å². The summed E-state index contributed by atoms with van der Waals surface area (Å²) in [6.07, 6.45) is -3.35. The van der Waals surface area contributed by atoms with Gasteiger partial charge in [0, 0.05) is 0 Å². The number of nitrogens with zero attached hydrogens (tertiary/aromatic N) is 1. The maximum absolute atomic E-state index is 11.7. The Bertz CT molecular complexity index is 209. The van der Waals surface area contributed by atoms with Gasteiger partial charge in [0.15, 0.2) is 0 Å². The second-order valence-corrected chi connectivity index (χ2v) is 1.64. The van der Waals surface area contributed by atoms with Gasteiger partial charge < -0.3 is 0 Å². The number of rotatable bonds is 0. The topological polar surface area (TPSA) is 12.9 Å². The van der Waals surface area contributed by atoms with Crippen LogP contribution in [0.2, 0.25) is 0 Å². The number of pyridine rings is 1. The molecule has 0 saturated carbocycles.